The Morgan fingerprint density at radius 1 is 1.19 bits per heavy atom. The van der Waals surface area contributed by atoms with Crippen molar-refractivity contribution in [1.29, 1.82) is 0 Å². The highest BCUT2D eigenvalue weighted by Gasteiger charge is 2.30. The first-order valence-electron chi connectivity index (χ1n) is 7.73. The molecular weight excluding hydrogens is 284 g/mol. The molecule has 0 aliphatic carbocycles. The van der Waals surface area contributed by atoms with Gasteiger partial charge in [-0.3, -0.25) is 0 Å². The molecule has 1 saturated heterocycles. The average molecular weight is 310 g/mol. The molecule has 21 heavy (non-hydrogen) atoms. The Hall–Kier alpha value is -1.07. The van der Waals surface area contributed by atoms with Gasteiger partial charge in [0.15, 0.2) is 0 Å². The van der Waals surface area contributed by atoms with Crippen molar-refractivity contribution in [1.82, 2.24) is 4.31 Å². The molecule has 1 fully saturated rings. The summed E-state index contributed by atoms with van der Waals surface area (Å²) in [6.07, 6.45) is 4.12. The third-order valence-electron chi connectivity index (χ3n) is 4.59. The molecule has 2 rings (SSSR count). The van der Waals surface area contributed by atoms with Gasteiger partial charge in [0.05, 0.1) is 5.69 Å². The van der Waals surface area contributed by atoms with E-state index in [2.05, 4.69) is 6.92 Å². The standard InChI is InChI=1S/C16H26N2O2S/c1-4-14-6-5-10-18(11-9-14)21(19,20)16-13(3)8-7-12(2)15(16)17/h7-8,14H,4-6,9-11,17H2,1-3H3. The van der Waals surface area contributed by atoms with Gasteiger partial charge in [-0.2, -0.15) is 4.31 Å². The van der Waals surface area contributed by atoms with Crippen LogP contribution in [0.1, 0.15) is 43.7 Å². The van der Waals surface area contributed by atoms with Crippen molar-refractivity contribution in [3.05, 3.63) is 23.3 Å². The zero-order valence-electron chi connectivity index (χ0n) is 13.2. The number of hydrogen-bond acceptors (Lipinski definition) is 3. The van der Waals surface area contributed by atoms with Gasteiger partial charge in [-0.25, -0.2) is 8.42 Å². The maximum atomic E-state index is 13.0. The number of nitrogens with two attached hydrogens (primary N) is 1. The molecule has 1 aromatic carbocycles. The van der Waals surface area contributed by atoms with E-state index in [4.69, 9.17) is 5.73 Å². The van der Waals surface area contributed by atoms with Gasteiger partial charge in [0.25, 0.3) is 0 Å². The first kappa shape index (κ1) is 16.3. The number of nitrogens with zero attached hydrogens (tertiary/aromatic N) is 1. The Balaban J connectivity index is 2.36. The summed E-state index contributed by atoms with van der Waals surface area (Å²) in [7, 11) is -3.49. The smallest absolute Gasteiger partial charge is 0.245 e. The van der Waals surface area contributed by atoms with E-state index in [1.54, 1.807) is 4.31 Å². The molecule has 1 atom stereocenters. The van der Waals surface area contributed by atoms with Crippen LogP contribution in [0.25, 0.3) is 0 Å². The van der Waals surface area contributed by atoms with Crippen LogP contribution in [0.2, 0.25) is 0 Å². The second-order valence-electron chi connectivity index (χ2n) is 6.05. The highest BCUT2D eigenvalue weighted by atomic mass is 32.2. The fourth-order valence-corrected chi connectivity index (χ4v) is 4.95. The first-order valence-corrected chi connectivity index (χ1v) is 9.17. The van der Waals surface area contributed by atoms with Gasteiger partial charge in [-0.15, -0.1) is 0 Å². The minimum Gasteiger partial charge on any atom is -0.397 e. The lowest BCUT2D eigenvalue weighted by molar-refractivity contribution is 0.407. The Bertz CT molecular complexity index is 611. The van der Waals surface area contributed by atoms with E-state index in [0.29, 0.717) is 29.6 Å². The highest BCUT2D eigenvalue weighted by Crippen LogP contribution is 2.31. The summed E-state index contributed by atoms with van der Waals surface area (Å²) in [6, 6.07) is 3.71. The number of aryl methyl sites for hydroxylation is 2. The number of hydrogen-bond donors (Lipinski definition) is 1. The van der Waals surface area contributed by atoms with Crippen LogP contribution in [0.5, 0.6) is 0 Å². The fourth-order valence-electron chi connectivity index (χ4n) is 3.07. The molecule has 0 aromatic heterocycles. The van der Waals surface area contributed by atoms with E-state index >= 15 is 0 Å². The van der Waals surface area contributed by atoms with Gasteiger partial charge >= 0.3 is 0 Å². The molecule has 4 nitrogen and oxygen atoms in total. The van der Waals surface area contributed by atoms with Gasteiger partial charge in [0.2, 0.25) is 10.0 Å². The molecule has 0 radical (unpaired) electrons. The summed E-state index contributed by atoms with van der Waals surface area (Å²) in [5.74, 6) is 0.640. The summed E-state index contributed by atoms with van der Waals surface area (Å²) in [6.45, 7) is 7.05. The van der Waals surface area contributed by atoms with Crippen LogP contribution in [0.3, 0.4) is 0 Å². The van der Waals surface area contributed by atoms with Gasteiger partial charge in [-0.05, 0) is 50.2 Å². The third-order valence-corrected chi connectivity index (χ3v) is 6.70. The van der Waals surface area contributed by atoms with Crippen LogP contribution < -0.4 is 5.73 Å². The summed E-state index contributed by atoms with van der Waals surface area (Å²) >= 11 is 0. The van der Waals surface area contributed by atoms with Crippen LogP contribution in [-0.2, 0) is 10.0 Å². The van der Waals surface area contributed by atoms with Crippen LogP contribution in [0.15, 0.2) is 17.0 Å². The summed E-state index contributed by atoms with van der Waals surface area (Å²) in [5, 5.41) is 0. The largest absolute Gasteiger partial charge is 0.397 e. The van der Waals surface area contributed by atoms with Crippen LogP contribution in [0.4, 0.5) is 5.69 Å². The van der Waals surface area contributed by atoms with E-state index in [1.807, 2.05) is 26.0 Å². The Morgan fingerprint density at radius 3 is 2.52 bits per heavy atom. The van der Waals surface area contributed by atoms with Crippen LogP contribution >= 0.6 is 0 Å². The van der Waals surface area contributed by atoms with E-state index in [1.165, 1.54) is 0 Å². The molecule has 2 N–H and O–H groups in total. The third kappa shape index (κ3) is 3.24. The van der Waals surface area contributed by atoms with Gasteiger partial charge in [-0.1, -0.05) is 25.5 Å². The van der Waals surface area contributed by atoms with Gasteiger partial charge < -0.3 is 5.73 Å². The Kier molecular flexibility index (Phi) is 4.94. The topological polar surface area (TPSA) is 63.4 Å². The fraction of sp³-hybridized carbons (Fsp3) is 0.625. The average Bonchev–Trinajstić information content (AvgIpc) is 2.69. The van der Waals surface area contributed by atoms with E-state index in [9.17, 15) is 8.42 Å². The van der Waals surface area contributed by atoms with Gasteiger partial charge in [0.1, 0.15) is 4.90 Å². The first-order chi connectivity index (χ1) is 9.87. The normalized spacial score (nSPS) is 21.2. The van der Waals surface area contributed by atoms with Gasteiger partial charge in [0, 0.05) is 13.1 Å². The van der Waals surface area contributed by atoms with Crippen molar-refractivity contribution in [2.45, 2.75) is 51.3 Å². The van der Waals surface area contributed by atoms with E-state index in [-0.39, 0.29) is 0 Å². The zero-order chi connectivity index (χ0) is 15.6. The molecule has 118 valence electrons. The number of anilines is 1. The molecule has 0 amide bonds. The molecule has 5 heteroatoms. The maximum absolute atomic E-state index is 13.0. The minimum atomic E-state index is -3.49. The van der Waals surface area contributed by atoms with Crippen LogP contribution in [0, 0.1) is 19.8 Å². The number of sulfonamides is 1. The lowest BCUT2D eigenvalue weighted by Gasteiger charge is -2.23. The molecule has 1 aromatic rings. The molecule has 0 saturated carbocycles. The maximum Gasteiger partial charge on any atom is 0.245 e. The molecule has 0 spiro atoms. The zero-order valence-corrected chi connectivity index (χ0v) is 14.0. The number of benzene rings is 1. The SMILES string of the molecule is CCC1CCCN(S(=O)(=O)c2c(C)ccc(C)c2N)CC1. The van der Waals surface area contributed by atoms with Crippen molar-refractivity contribution < 1.29 is 8.42 Å². The summed E-state index contributed by atoms with van der Waals surface area (Å²) in [5.41, 5.74) is 8.01. The van der Waals surface area contributed by atoms with Crippen molar-refractivity contribution in [3.8, 4) is 0 Å². The Morgan fingerprint density at radius 2 is 1.86 bits per heavy atom. The predicted octanol–water partition coefficient (Wildman–Crippen LogP) is 3.09. The quantitative estimate of drug-likeness (QED) is 0.873. The molecule has 1 unspecified atom stereocenters. The monoisotopic (exact) mass is 310 g/mol. The molecule has 1 aliphatic heterocycles. The van der Waals surface area contributed by atoms with Crippen molar-refractivity contribution >= 4 is 15.7 Å². The number of nitrogen functional groups attached to an aromatic ring is 1. The number of rotatable bonds is 3. The predicted molar refractivity (Wildman–Crippen MR) is 86.7 cm³/mol. The molecular formula is C16H26N2O2S. The Labute approximate surface area is 128 Å². The highest BCUT2D eigenvalue weighted by molar-refractivity contribution is 7.89. The second kappa shape index (κ2) is 6.36. The van der Waals surface area contributed by atoms with E-state index < -0.39 is 10.0 Å². The van der Waals surface area contributed by atoms with E-state index in [0.717, 1.165) is 36.8 Å². The van der Waals surface area contributed by atoms with Crippen molar-refractivity contribution in [2.75, 3.05) is 18.8 Å². The minimum absolute atomic E-state index is 0.303. The second-order valence-corrected chi connectivity index (χ2v) is 7.93. The van der Waals surface area contributed by atoms with Crippen LogP contribution in [-0.4, -0.2) is 25.8 Å². The van der Waals surface area contributed by atoms with Crippen molar-refractivity contribution in [3.63, 3.8) is 0 Å². The lowest BCUT2D eigenvalue weighted by Crippen LogP contribution is -2.33. The summed E-state index contributed by atoms with van der Waals surface area (Å²) < 4.78 is 27.6. The summed E-state index contributed by atoms with van der Waals surface area (Å²) in [4.78, 5) is 0.303. The molecule has 1 heterocycles. The molecule has 1 aliphatic rings. The molecule has 0 bridgehead atoms. The lowest BCUT2D eigenvalue weighted by atomic mass is 9.98. The van der Waals surface area contributed by atoms with Crippen molar-refractivity contribution in [2.24, 2.45) is 5.92 Å².